The van der Waals surface area contributed by atoms with Crippen LogP contribution < -0.4 is 5.32 Å². The number of hydrogen-bond donors (Lipinski definition) is 3. The maximum absolute atomic E-state index is 13.1. The number of alkyl halides is 3. The van der Waals surface area contributed by atoms with Gasteiger partial charge in [-0.3, -0.25) is 4.79 Å². The molecule has 1 aliphatic carbocycles. The van der Waals surface area contributed by atoms with Crippen LogP contribution in [0.25, 0.3) is 16.0 Å². The van der Waals surface area contributed by atoms with E-state index < -0.39 is 34.8 Å². The van der Waals surface area contributed by atoms with Crippen LogP contribution in [-0.4, -0.2) is 31.1 Å². The molecule has 2 aromatic heterocycles. The van der Waals surface area contributed by atoms with Crippen LogP contribution in [0.15, 0.2) is 43.2 Å². The summed E-state index contributed by atoms with van der Waals surface area (Å²) in [6, 6.07) is 6.16. The summed E-state index contributed by atoms with van der Waals surface area (Å²) in [5, 5.41) is 24.3. The molecule has 2 heterocycles. The largest absolute Gasteiger partial charge is 0.481 e. The Morgan fingerprint density at radius 2 is 1.97 bits per heavy atom. The van der Waals surface area contributed by atoms with Crippen molar-refractivity contribution in [2.75, 3.05) is 5.32 Å². The molecule has 7 nitrogen and oxygen atoms in total. The number of allylic oxidation sites excluding steroid dienone is 1. The van der Waals surface area contributed by atoms with Crippen molar-refractivity contribution in [1.29, 1.82) is 0 Å². The van der Waals surface area contributed by atoms with Crippen molar-refractivity contribution in [3.63, 3.8) is 0 Å². The molecule has 3 N–H and O–H groups in total. The number of nitrogens with zero attached hydrogens (tertiary/aromatic N) is 3. The Labute approximate surface area is 216 Å². The van der Waals surface area contributed by atoms with E-state index in [2.05, 4.69) is 26.8 Å². The zero-order valence-electron chi connectivity index (χ0n) is 20.6. The Morgan fingerprint density at radius 1 is 1.24 bits per heavy atom. The lowest BCUT2D eigenvalue weighted by molar-refractivity contribution is -0.154. The first-order valence-electron chi connectivity index (χ1n) is 11.6. The molecule has 37 heavy (non-hydrogen) atoms. The van der Waals surface area contributed by atoms with Crippen molar-refractivity contribution in [3.05, 3.63) is 59.5 Å². The molecule has 196 valence electrons. The number of anilines is 2. The second-order valence-corrected chi connectivity index (χ2v) is 11.2. The fourth-order valence-electron chi connectivity index (χ4n) is 4.80. The molecule has 1 saturated carbocycles. The normalized spacial score (nSPS) is 21.4. The van der Waals surface area contributed by atoms with Gasteiger partial charge in [0.15, 0.2) is 0 Å². The number of carboxylic acid groups (broad SMARTS) is 1. The van der Waals surface area contributed by atoms with Crippen LogP contribution in [0.4, 0.5) is 24.8 Å². The Hall–Kier alpha value is -3.31. The smallest absolute Gasteiger partial charge is 0.433 e. The molecule has 2 unspecified atom stereocenters. The molecular formula is C26H27F3N4O3S. The van der Waals surface area contributed by atoms with E-state index in [1.807, 2.05) is 26.8 Å². The number of rotatable bonds is 6. The fourth-order valence-corrected chi connectivity index (χ4v) is 5.82. The quantitative estimate of drug-likeness (QED) is 0.333. The highest BCUT2D eigenvalue weighted by molar-refractivity contribution is 7.15. The highest BCUT2D eigenvalue weighted by atomic mass is 32.1. The number of carbonyl (C=O) groups is 1. The molecule has 1 aliphatic rings. The van der Waals surface area contributed by atoms with Crippen LogP contribution in [0, 0.1) is 11.3 Å². The van der Waals surface area contributed by atoms with Crippen molar-refractivity contribution < 1.29 is 28.2 Å². The summed E-state index contributed by atoms with van der Waals surface area (Å²) >= 11 is 1.30. The van der Waals surface area contributed by atoms with Crippen LogP contribution in [0.2, 0.25) is 0 Å². The molecule has 0 amide bonds. The number of hydrogen-bond acceptors (Lipinski definition) is 7. The summed E-state index contributed by atoms with van der Waals surface area (Å²) in [5.74, 6) is -1.62. The van der Waals surface area contributed by atoms with Gasteiger partial charge in [-0.15, -0.1) is 11.3 Å². The van der Waals surface area contributed by atoms with Gasteiger partial charge in [-0.05, 0) is 67.0 Å². The highest BCUT2D eigenvalue weighted by Gasteiger charge is 2.49. The first-order chi connectivity index (χ1) is 17.2. The van der Waals surface area contributed by atoms with Crippen molar-refractivity contribution in [1.82, 2.24) is 15.0 Å². The minimum atomic E-state index is -4.60. The Bertz CT molecular complexity index is 1350. The van der Waals surface area contributed by atoms with Gasteiger partial charge < -0.3 is 15.5 Å². The first kappa shape index (κ1) is 26.7. The van der Waals surface area contributed by atoms with Gasteiger partial charge in [0.2, 0.25) is 5.95 Å². The summed E-state index contributed by atoms with van der Waals surface area (Å²) in [4.78, 5) is 24.3. The van der Waals surface area contributed by atoms with Crippen LogP contribution >= 0.6 is 11.3 Å². The zero-order chi connectivity index (χ0) is 27.2. The highest BCUT2D eigenvalue weighted by Crippen LogP contribution is 2.51. The van der Waals surface area contributed by atoms with Gasteiger partial charge >= 0.3 is 12.1 Å². The molecule has 0 spiro atoms. The molecular weight excluding hydrogens is 505 g/mol. The van der Waals surface area contributed by atoms with Gasteiger partial charge in [-0.25, -0.2) is 15.0 Å². The van der Waals surface area contributed by atoms with Crippen molar-refractivity contribution >= 4 is 34.5 Å². The summed E-state index contributed by atoms with van der Waals surface area (Å²) in [5.41, 5.74) is -0.241. The topological polar surface area (TPSA) is 108 Å². The minimum absolute atomic E-state index is 0.198. The first-order valence-corrected chi connectivity index (χ1v) is 12.4. The standard InChI is InChI=1S/C26H27F3N4O3S/c1-14(2)15-9-16(11-17(10-15)32-23-30-8-6-20(33-23)26(27,28)29)19-12-31-22(37-19)25(36)7-5-18(21(34)35)24(3,4)13-25/h6,8-12,18,36H,1,5,7,13H2,2-4H3,(H,34,35)(H,30,32,33). The molecule has 1 fully saturated rings. The zero-order valence-corrected chi connectivity index (χ0v) is 21.4. The third-order valence-corrected chi connectivity index (χ3v) is 7.89. The van der Waals surface area contributed by atoms with Crippen molar-refractivity contribution in [3.8, 4) is 10.4 Å². The summed E-state index contributed by atoms with van der Waals surface area (Å²) in [6.07, 6.45) is -1.04. The van der Waals surface area contributed by atoms with E-state index in [0.717, 1.165) is 33.8 Å². The number of benzene rings is 1. The SMILES string of the molecule is C=C(C)c1cc(Nc2nccc(C(F)(F)F)n2)cc(-c2cnc(C3(O)CCC(C(=O)O)C(C)(C)C3)s2)c1. The molecule has 0 aliphatic heterocycles. The number of aliphatic hydroxyl groups is 1. The second-order valence-electron chi connectivity index (χ2n) is 10.1. The number of carboxylic acids is 1. The van der Waals surface area contributed by atoms with E-state index in [1.54, 1.807) is 18.3 Å². The van der Waals surface area contributed by atoms with E-state index in [4.69, 9.17) is 0 Å². The maximum atomic E-state index is 13.1. The fraction of sp³-hybridized carbons (Fsp3) is 0.385. The second kappa shape index (κ2) is 9.53. The Kier molecular flexibility index (Phi) is 6.89. The van der Waals surface area contributed by atoms with Crippen molar-refractivity contribution in [2.45, 2.75) is 51.8 Å². The Morgan fingerprint density at radius 3 is 2.59 bits per heavy atom. The monoisotopic (exact) mass is 532 g/mol. The van der Waals surface area contributed by atoms with E-state index >= 15 is 0 Å². The van der Waals surface area contributed by atoms with Crippen molar-refractivity contribution in [2.24, 2.45) is 11.3 Å². The summed E-state index contributed by atoms with van der Waals surface area (Å²) in [6.45, 7) is 9.47. The molecule has 11 heteroatoms. The molecule has 3 aromatic rings. The Balaban J connectivity index is 1.65. The lowest BCUT2D eigenvalue weighted by atomic mass is 9.63. The van der Waals surface area contributed by atoms with E-state index in [1.165, 1.54) is 11.3 Å². The number of aliphatic carboxylic acids is 1. The number of aromatic nitrogens is 3. The third kappa shape index (κ3) is 5.67. The average molecular weight is 533 g/mol. The van der Waals surface area contributed by atoms with Crippen LogP contribution in [0.5, 0.6) is 0 Å². The lowest BCUT2D eigenvalue weighted by Crippen LogP contribution is -2.44. The summed E-state index contributed by atoms with van der Waals surface area (Å²) in [7, 11) is 0. The molecule has 1 aromatic carbocycles. The van der Waals surface area contributed by atoms with Gasteiger partial charge in [0.25, 0.3) is 0 Å². The lowest BCUT2D eigenvalue weighted by Gasteiger charge is -2.44. The van der Waals surface area contributed by atoms with Gasteiger partial charge in [0.05, 0.1) is 10.8 Å². The van der Waals surface area contributed by atoms with E-state index in [-0.39, 0.29) is 18.8 Å². The van der Waals surface area contributed by atoms with Crippen LogP contribution in [0.1, 0.15) is 56.3 Å². The van der Waals surface area contributed by atoms with Gasteiger partial charge in [-0.1, -0.05) is 26.0 Å². The summed E-state index contributed by atoms with van der Waals surface area (Å²) < 4.78 is 39.2. The predicted molar refractivity (Wildman–Crippen MR) is 135 cm³/mol. The predicted octanol–water partition coefficient (Wildman–Crippen LogP) is 6.49. The maximum Gasteiger partial charge on any atom is 0.433 e. The number of halogens is 3. The molecule has 0 radical (unpaired) electrons. The van der Waals surface area contributed by atoms with Crippen LogP contribution in [-0.2, 0) is 16.6 Å². The van der Waals surface area contributed by atoms with E-state index in [9.17, 15) is 28.2 Å². The minimum Gasteiger partial charge on any atom is -0.481 e. The third-order valence-electron chi connectivity index (χ3n) is 6.65. The average Bonchev–Trinajstić information content (AvgIpc) is 3.29. The number of thiazole rings is 1. The van der Waals surface area contributed by atoms with Gasteiger partial charge in [0.1, 0.15) is 16.3 Å². The van der Waals surface area contributed by atoms with E-state index in [0.29, 0.717) is 17.1 Å². The molecule has 0 saturated heterocycles. The molecule has 0 bridgehead atoms. The molecule has 2 atom stereocenters. The molecule has 4 rings (SSSR count). The van der Waals surface area contributed by atoms with Gasteiger partial charge in [-0.2, -0.15) is 13.2 Å². The number of nitrogens with one attached hydrogen (secondary N) is 1. The van der Waals surface area contributed by atoms with Crippen LogP contribution in [0.3, 0.4) is 0 Å². The van der Waals surface area contributed by atoms with Gasteiger partial charge in [0, 0.05) is 18.1 Å².